The van der Waals surface area contributed by atoms with Gasteiger partial charge in [0, 0.05) is 12.3 Å². The third kappa shape index (κ3) is 7.59. The summed E-state index contributed by atoms with van der Waals surface area (Å²) < 4.78 is 5.20. The van der Waals surface area contributed by atoms with Crippen LogP contribution in [0.3, 0.4) is 0 Å². The third-order valence-corrected chi connectivity index (χ3v) is 5.20. The summed E-state index contributed by atoms with van der Waals surface area (Å²) in [6.45, 7) is 9.66. The molecule has 1 aliphatic heterocycles. The first kappa shape index (κ1) is 23.5. The fourth-order valence-electron chi connectivity index (χ4n) is 3.74. The molecule has 0 aromatic heterocycles. The molecule has 1 atom stereocenters. The topological polar surface area (TPSA) is 12.5 Å². The van der Waals surface area contributed by atoms with Gasteiger partial charge in [-0.3, -0.25) is 0 Å². The fraction of sp³-hybridized carbons (Fsp3) is 0.609. The van der Waals surface area contributed by atoms with Crippen LogP contribution in [0.5, 0.6) is 5.75 Å². The molecule has 2 saturated carbocycles. The maximum atomic E-state index is 5.20. The van der Waals surface area contributed by atoms with Crippen molar-refractivity contribution < 1.29 is 30.9 Å². The zero-order valence-corrected chi connectivity index (χ0v) is 19.0. The van der Waals surface area contributed by atoms with Crippen molar-refractivity contribution in [3.05, 3.63) is 43.3 Å². The number of hydrogen-bond donors (Lipinski definition) is 0. The number of fused-ring (bicyclic) bond motifs is 1. The predicted octanol–water partition coefficient (Wildman–Crippen LogP) is 6.32. The van der Waals surface area contributed by atoms with E-state index in [1.165, 1.54) is 75.5 Å². The Morgan fingerprint density at radius 3 is 2.04 bits per heavy atom. The van der Waals surface area contributed by atoms with Crippen LogP contribution in [0.1, 0.15) is 75.7 Å². The predicted molar refractivity (Wildman–Crippen MR) is 109 cm³/mol. The van der Waals surface area contributed by atoms with Gasteiger partial charge in [0.2, 0.25) is 0 Å². The molecule has 4 rings (SSSR count). The molecule has 0 radical (unpaired) electrons. The van der Waals surface area contributed by atoms with Crippen molar-refractivity contribution >= 4 is 5.69 Å². The van der Waals surface area contributed by atoms with Crippen LogP contribution in [0.4, 0.5) is 5.69 Å². The quantitative estimate of drug-likeness (QED) is 0.409. The average Bonchev–Trinajstić information content (AvgIpc) is 3.41. The molecule has 0 amide bonds. The summed E-state index contributed by atoms with van der Waals surface area (Å²) in [6.07, 6.45) is 16.9. The first-order valence-electron chi connectivity index (χ1n) is 10.0. The van der Waals surface area contributed by atoms with Crippen molar-refractivity contribution in [2.75, 3.05) is 25.1 Å². The van der Waals surface area contributed by atoms with Crippen LogP contribution in [0.25, 0.3) is 0 Å². The van der Waals surface area contributed by atoms with Gasteiger partial charge in [0.25, 0.3) is 0 Å². The molecule has 1 aromatic rings. The number of ether oxygens (including phenoxy) is 1. The standard InChI is InChI=1S/C13H15NO.2C5H10.Zr/c1-4-7-14-9-10(2)12-6-5-11(15-3)8-13(12)14;2*1-2-4-5-3-1;/h4-5,8,10H,1-2,7,9H2,3H3;2*1-5H2;/q-2;;;+2. The summed E-state index contributed by atoms with van der Waals surface area (Å²) in [5.41, 5.74) is 2.35. The van der Waals surface area contributed by atoms with E-state index in [9.17, 15) is 0 Å². The van der Waals surface area contributed by atoms with Crippen LogP contribution >= 0.6 is 0 Å². The molecule has 0 saturated heterocycles. The molecular formula is C23H35NOZr. The SMILES string of the molecule is C1CCCC1.C1CCCC1.C=CCN1CC([CH2-])c2[c-]cc(OC)cc21.[Zr+2]. The van der Waals surface area contributed by atoms with Gasteiger partial charge in [0.1, 0.15) is 0 Å². The Morgan fingerprint density at radius 1 is 1.12 bits per heavy atom. The zero-order valence-electron chi connectivity index (χ0n) is 16.6. The van der Waals surface area contributed by atoms with E-state index < -0.39 is 0 Å². The van der Waals surface area contributed by atoms with Gasteiger partial charge in [-0.15, -0.1) is 24.6 Å². The van der Waals surface area contributed by atoms with Crippen molar-refractivity contribution in [2.45, 2.75) is 70.1 Å². The number of nitrogens with zero attached hydrogens (tertiary/aromatic N) is 1. The Balaban J connectivity index is 0.000000251. The minimum atomic E-state index is 0. The van der Waals surface area contributed by atoms with Gasteiger partial charge in [0.05, 0.1) is 7.11 Å². The van der Waals surface area contributed by atoms with Crippen molar-refractivity contribution in [3.63, 3.8) is 0 Å². The maximum Gasteiger partial charge on any atom is 2.00 e. The van der Waals surface area contributed by atoms with Crippen molar-refractivity contribution in [1.29, 1.82) is 0 Å². The Labute approximate surface area is 180 Å². The number of benzene rings is 1. The van der Waals surface area contributed by atoms with Crippen LogP contribution in [0, 0.1) is 13.0 Å². The molecule has 26 heavy (non-hydrogen) atoms. The molecule has 2 aliphatic carbocycles. The number of methoxy groups -OCH3 is 1. The molecule has 3 heteroatoms. The second-order valence-corrected chi connectivity index (χ2v) is 7.26. The first-order valence-corrected chi connectivity index (χ1v) is 10.0. The number of rotatable bonds is 3. The van der Waals surface area contributed by atoms with E-state index in [0.717, 1.165) is 18.8 Å². The van der Waals surface area contributed by atoms with Crippen molar-refractivity contribution in [1.82, 2.24) is 0 Å². The van der Waals surface area contributed by atoms with Gasteiger partial charge in [-0.2, -0.15) is 11.6 Å². The molecule has 2 fully saturated rings. The smallest absolute Gasteiger partial charge is 0.554 e. The second-order valence-electron chi connectivity index (χ2n) is 7.26. The summed E-state index contributed by atoms with van der Waals surface area (Å²) in [5, 5.41) is 0. The third-order valence-electron chi connectivity index (χ3n) is 5.20. The van der Waals surface area contributed by atoms with Gasteiger partial charge in [0.15, 0.2) is 0 Å². The normalized spacial score (nSPS) is 20.1. The summed E-state index contributed by atoms with van der Waals surface area (Å²) >= 11 is 0. The van der Waals surface area contributed by atoms with Gasteiger partial charge in [-0.1, -0.05) is 76.0 Å². The van der Waals surface area contributed by atoms with Crippen LogP contribution in [-0.4, -0.2) is 20.2 Å². The summed E-state index contributed by atoms with van der Waals surface area (Å²) in [6, 6.07) is 7.15. The van der Waals surface area contributed by atoms with Crippen LogP contribution in [-0.2, 0) is 26.2 Å². The minimum Gasteiger partial charge on any atom is -0.554 e. The van der Waals surface area contributed by atoms with E-state index in [-0.39, 0.29) is 26.2 Å². The van der Waals surface area contributed by atoms with E-state index in [1.807, 2.05) is 18.2 Å². The average molecular weight is 433 g/mol. The zero-order chi connectivity index (χ0) is 17.9. The summed E-state index contributed by atoms with van der Waals surface area (Å²) in [4.78, 5) is 2.25. The molecule has 1 heterocycles. The summed E-state index contributed by atoms with van der Waals surface area (Å²) in [5.74, 6) is 1.14. The van der Waals surface area contributed by atoms with Crippen LogP contribution in [0.15, 0.2) is 24.8 Å². The van der Waals surface area contributed by atoms with E-state index in [1.54, 1.807) is 7.11 Å². The molecule has 0 spiro atoms. The summed E-state index contributed by atoms with van der Waals surface area (Å²) in [7, 11) is 1.67. The van der Waals surface area contributed by atoms with Crippen molar-refractivity contribution in [3.8, 4) is 5.75 Å². The Bertz CT molecular complexity index is 484. The van der Waals surface area contributed by atoms with Gasteiger partial charge >= 0.3 is 26.2 Å². The molecular weight excluding hydrogens is 397 g/mol. The van der Waals surface area contributed by atoms with Gasteiger partial charge in [-0.25, -0.2) is 0 Å². The molecule has 0 bridgehead atoms. The molecule has 142 valence electrons. The van der Waals surface area contributed by atoms with Crippen LogP contribution in [0.2, 0.25) is 0 Å². The Kier molecular flexibility index (Phi) is 12.3. The number of anilines is 1. The maximum absolute atomic E-state index is 5.20. The molecule has 1 unspecified atom stereocenters. The Morgan fingerprint density at radius 2 is 1.62 bits per heavy atom. The van der Waals surface area contributed by atoms with Crippen LogP contribution < -0.4 is 9.64 Å². The first-order chi connectivity index (χ1) is 12.3. The van der Waals surface area contributed by atoms with E-state index in [0.29, 0.717) is 5.92 Å². The molecule has 0 N–H and O–H groups in total. The monoisotopic (exact) mass is 431 g/mol. The Hall–Kier alpha value is -0.557. The van der Waals surface area contributed by atoms with Gasteiger partial charge in [-0.05, 0) is 6.54 Å². The van der Waals surface area contributed by atoms with E-state index >= 15 is 0 Å². The second kappa shape index (κ2) is 13.6. The fourth-order valence-corrected chi connectivity index (χ4v) is 3.74. The molecule has 1 aromatic carbocycles. The van der Waals surface area contributed by atoms with Gasteiger partial charge < -0.3 is 16.6 Å². The number of hydrogen-bond acceptors (Lipinski definition) is 2. The largest absolute Gasteiger partial charge is 2.00 e. The van der Waals surface area contributed by atoms with Crippen molar-refractivity contribution in [2.24, 2.45) is 0 Å². The van der Waals surface area contributed by atoms with E-state index in [4.69, 9.17) is 4.74 Å². The minimum absolute atomic E-state index is 0. The van der Waals surface area contributed by atoms with E-state index in [2.05, 4.69) is 24.5 Å². The molecule has 2 nitrogen and oxygen atoms in total. The molecule has 3 aliphatic rings.